The van der Waals surface area contributed by atoms with E-state index in [1.807, 2.05) is 0 Å². The van der Waals surface area contributed by atoms with E-state index >= 15 is 0 Å². The van der Waals surface area contributed by atoms with Crippen LogP contribution in [0.15, 0.2) is 30.5 Å². The number of nitrogens with one attached hydrogen (secondary N) is 2. The van der Waals surface area contributed by atoms with Crippen molar-refractivity contribution in [3.05, 3.63) is 36.0 Å². The molecule has 2 atom stereocenters. The highest BCUT2D eigenvalue weighted by atomic mass is 14.9. The lowest BCUT2D eigenvalue weighted by Gasteiger charge is -2.31. The molecule has 0 spiro atoms. The van der Waals surface area contributed by atoms with E-state index < -0.39 is 0 Å². The SMILES string of the molecule is CC[C@H]1CNCCC1CCc1c[nH]c2ccccc12. The van der Waals surface area contributed by atoms with Gasteiger partial charge in [-0.05, 0) is 55.8 Å². The second kappa shape index (κ2) is 5.79. The Kier molecular flexibility index (Phi) is 3.88. The molecule has 1 aromatic heterocycles. The van der Waals surface area contributed by atoms with Gasteiger partial charge in [0, 0.05) is 17.1 Å². The molecule has 1 unspecified atom stereocenters. The van der Waals surface area contributed by atoms with Gasteiger partial charge in [-0.1, -0.05) is 31.5 Å². The van der Waals surface area contributed by atoms with Gasteiger partial charge < -0.3 is 10.3 Å². The van der Waals surface area contributed by atoms with E-state index in [0.29, 0.717) is 0 Å². The number of aromatic amines is 1. The smallest absolute Gasteiger partial charge is 0.0456 e. The summed E-state index contributed by atoms with van der Waals surface area (Å²) >= 11 is 0. The monoisotopic (exact) mass is 256 g/mol. The molecule has 2 heteroatoms. The zero-order valence-electron chi connectivity index (χ0n) is 11.8. The van der Waals surface area contributed by atoms with Gasteiger partial charge in [-0.15, -0.1) is 0 Å². The molecule has 1 saturated heterocycles. The van der Waals surface area contributed by atoms with Gasteiger partial charge in [-0.2, -0.15) is 0 Å². The second-order valence-corrected chi connectivity index (χ2v) is 5.82. The lowest BCUT2D eigenvalue weighted by Crippen LogP contribution is -2.36. The van der Waals surface area contributed by atoms with E-state index in [0.717, 1.165) is 11.8 Å². The number of para-hydroxylation sites is 1. The maximum Gasteiger partial charge on any atom is 0.0456 e. The summed E-state index contributed by atoms with van der Waals surface area (Å²) in [4.78, 5) is 3.39. The van der Waals surface area contributed by atoms with Crippen molar-refractivity contribution in [1.29, 1.82) is 0 Å². The molecule has 0 radical (unpaired) electrons. The molecule has 19 heavy (non-hydrogen) atoms. The molecule has 2 aromatic rings. The van der Waals surface area contributed by atoms with E-state index in [-0.39, 0.29) is 0 Å². The van der Waals surface area contributed by atoms with Gasteiger partial charge in [-0.25, -0.2) is 0 Å². The van der Waals surface area contributed by atoms with Gasteiger partial charge in [0.25, 0.3) is 0 Å². The van der Waals surface area contributed by atoms with Gasteiger partial charge in [0.2, 0.25) is 0 Å². The highest BCUT2D eigenvalue weighted by Crippen LogP contribution is 2.28. The van der Waals surface area contributed by atoms with Crippen LogP contribution in [-0.2, 0) is 6.42 Å². The second-order valence-electron chi connectivity index (χ2n) is 5.82. The largest absolute Gasteiger partial charge is 0.361 e. The Hall–Kier alpha value is -1.28. The lowest BCUT2D eigenvalue weighted by molar-refractivity contribution is 0.234. The summed E-state index contributed by atoms with van der Waals surface area (Å²) < 4.78 is 0. The van der Waals surface area contributed by atoms with Crippen LogP contribution in [0.3, 0.4) is 0 Å². The Morgan fingerprint density at radius 1 is 1.21 bits per heavy atom. The molecule has 3 rings (SSSR count). The number of hydrogen-bond donors (Lipinski definition) is 2. The third kappa shape index (κ3) is 2.69. The molecule has 2 heterocycles. The Morgan fingerprint density at radius 3 is 3.00 bits per heavy atom. The van der Waals surface area contributed by atoms with Crippen LogP contribution < -0.4 is 5.32 Å². The minimum Gasteiger partial charge on any atom is -0.361 e. The molecule has 0 bridgehead atoms. The normalized spacial score (nSPS) is 23.8. The molecule has 1 fully saturated rings. The van der Waals surface area contributed by atoms with Crippen LogP contribution in [0.25, 0.3) is 10.9 Å². The fourth-order valence-corrected chi connectivity index (χ4v) is 3.51. The number of aryl methyl sites for hydroxylation is 1. The maximum absolute atomic E-state index is 3.53. The zero-order valence-corrected chi connectivity index (χ0v) is 11.8. The van der Waals surface area contributed by atoms with Crippen LogP contribution in [0.2, 0.25) is 0 Å². The Balaban J connectivity index is 1.68. The highest BCUT2D eigenvalue weighted by molar-refractivity contribution is 5.82. The molecular weight excluding hydrogens is 232 g/mol. The summed E-state index contributed by atoms with van der Waals surface area (Å²) in [6.45, 7) is 4.75. The molecular formula is C17H24N2. The molecule has 1 aromatic carbocycles. The molecule has 1 aliphatic heterocycles. The van der Waals surface area contributed by atoms with E-state index in [9.17, 15) is 0 Å². The molecule has 0 aliphatic carbocycles. The Morgan fingerprint density at radius 2 is 2.11 bits per heavy atom. The first kappa shape index (κ1) is 12.7. The van der Waals surface area contributed by atoms with E-state index in [4.69, 9.17) is 0 Å². The number of fused-ring (bicyclic) bond motifs is 1. The van der Waals surface area contributed by atoms with Gasteiger partial charge in [0.1, 0.15) is 0 Å². The van der Waals surface area contributed by atoms with Crippen molar-refractivity contribution in [3.8, 4) is 0 Å². The Bertz CT molecular complexity index is 529. The maximum atomic E-state index is 3.53. The van der Waals surface area contributed by atoms with Crippen molar-refractivity contribution >= 4 is 10.9 Å². The van der Waals surface area contributed by atoms with Crippen LogP contribution in [0.5, 0.6) is 0 Å². The minimum absolute atomic E-state index is 0.874. The van der Waals surface area contributed by atoms with E-state index in [1.54, 1.807) is 0 Å². The van der Waals surface area contributed by atoms with Crippen molar-refractivity contribution in [3.63, 3.8) is 0 Å². The van der Waals surface area contributed by atoms with Crippen LogP contribution in [-0.4, -0.2) is 18.1 Å². The highest BCUT2D eigenvalue weighted by Gasteiger charge is 2.23. The van der Waals surface area contributed by atoms with Crippen LogP contribution in [0, 0.1) is 11.8 Å². The summed E-state index contributed by atoms with van der Waals surface area (Å²) in [7, 11) is 0. The summed E-state index contributed by atoms with van der Waals surface area (Å²) in [6, 6.07) is 8.64. The predicted octanol–water partition coefficient (Wildman–Crippen LogP) is 3.74. The first-order valence-electron chi connectivity index (χ1n) is 7.64. The minimum atomic E-state index is 0.874. The van der Waals surface area contributed by atoms with Crippen molar-refractivity contribution in [1.82, 2.24) is 10.3 Å². The predicted molar refractivity (Wildman–Crippen MR) is 81.4 cm³/mol. The fraction of sp³-hybridized carbons (Fsp3) is 0.529. The van der Waals surface area contributed by atoms with Gasteiger partial charge in [-0.3, -0.25) is 0 Å². The average Bonchev–Trinajstić information content (AvgIpc) is 2.89. The summed E-state index contributed by atoms with van der Waals surface area (Å²) in [5.74, 6) is 1.78. The number of benzene rings is 1. The van der Waals surface area contributed by atoms with Gasteiger partial charge in [0.15, 0.2) is 0 Å². The summed E-state index contributed by atoms with van der Waals surface area (Å²) in [5, 5.41) is 4.94. The van der Waals surface area contributed by atoms with Crippen LogP contribution >= 0.6 is 0 Å². The van der Waals surface area contributed by atoms with E-state index in [2.05, 4.69) is 47.7 Å². The first-order valence-corrected chi connectivity index (χ1v) is 7.64. The molecule has 0 saturated carbocycles. The molecule has 2 N–H and O–H groups in total. The number of H-pyrrole nitrogens is 1. The standard InChI is InChI=1S/C17H24N2/c1-2-13-11-18-10-9-14(13)7-8-15-12-19-17-6-4-3-5-16(15)17/h3-6,12-14,18-19H,2,7-11H2,1H3/t13-,14?/m0/s1. The first-order chi connectivity index (χ1) is 9.38. The number of aromatic nitrogens is 1. The number of piperidine rings is 1. The molecule has 2 nitrogen and oxygen atoms in total. The van der Waals surface area contributed by atoms with Crippen LogP contribution in [0.1, 0.15) is 31.7 Å². The molecule has 0 amide bonds. The summed E-state index contributed by atoms with van der Waals surface area (Å²) in [5.41, 5.74) is 2.76. The Labute approximate surface area is 115 Å². The lowest BCUT2D eigenvalue weighted by atomic mass is 9.81. The third-order valence-electron chi connectivity index (χ3n) is 4.75. The fourth-order valence-electron chi connectivity index (χ4n) is 3.51. The van der Waals surface area contributed by atoms with Gasteiger partial charge in [0.05, 0.1) is 0 Å². The zero-order chi connectivity index (χ0) is 13.1. The average molecular weight is 256 g/mol. The van der Waals surface area contributed by atoms with Crippen molar-refractivity contribution in [2.45, 2.75) is 32.6 Å². The number of hydrogen-bond acceptors (Lipinski definition) is 1. The van der Waals surface area contributed by atoms with Crippen molar-refractivity contribution in [2.75, 3.05) is 13.1 Å². The van der Waals surface area contributed by atoms with Gasteiger partial charge >= 0.3 is 0 Å². The quantitative estimate of drug-likeness (QED) is 0.857. The summed E-state index contributed by atoms with van der Waals surface area (Å²) in [6.07, 6.45) is 7.41. The topological polar surface area (TPSA) is 27.8 Å². The van der Waals surface area contributed by atoms with Crippen molar-refractivity contribution in [2.24, 2.45) is 11.8 Å². The third-order valence-corrected chi connectivity index (χ3v) is 4.75. The molecule has 1 aliphatic rings. The number of rotatable bonds is 4. The van der Waals surface area contributed by atoms with Crippen LogP contribution in [0.4, 0.5) is 0 Å². The molecule has 102 valence electrons. The van der Waals surface area contributed by atoms with Crippen molar-refractivity contribution < 1.29 is 0 Å². The van der Waals surface area contributed by atoms with E-state index in [1.165, 1.54) is 55.2 Å².